The van der Waals surface area contributed by atoms with Gasteiger partial charge in [-0.1, -0.05) is 0 Å². The highest BCUT2D eigenvalue weighted by molar-refractivity contribution is 8.00. The summed E-state index contributed by atoms with van der Waals surface area (Å²) in [6.45, 7) is 1.31. The Labute approximate surface area is 134 Å². The van der Waals surface area contributed by atoms with Gasteiger partial charge in [0, 0.05) is 25.4 Å². The van der Waals surface area contributed by atoms with Gasteiger partial charge in [0.05, 0.1) is 25.5 Å². The number of likely N-dealkylation sites (N-methyl/N-ethyl adjacent to an activating group) is 1. The Morgan fingerprint density at radius 3 is 2.68 bits per heavy atom. The molecule has 0 bridgehead atoms. The Morgan fingerprint density at radius 2 is 1.95 bits per heavy atom. The topological polar surface area (TPSA) is 67.9 Å². The van der Waals surface area contributed by atoms with Crippen molar-refractivity contribution in [3.8, 4) is 11.5 Å². The summed E-state index contributed by atoms with van der Waals surface area (Å²) in [5.74, 6) is 1.40. The first-order valence-corrected chi connectivity index (χ1v) is 8.04. The van der Waals surface area contributed by atoms with E-state index in [0.29, 0.717) is 19.0 Å². The van der Waals surface area contributed by atoms with Gasteiger partial charge >= 0.3 is 0 Å². The van der Waals surface area contributed by atoms with Gasteiger partial charge in [-0.3, -0.25) is 9.59 Å². The summed E-state index contributed by atoms with van der Waals surface area (Å²) in [7, 11) is 3.31. The largest absolute Gasteiger partial charge is 0.490 e. The van der Waals surface area contributed by atoms with Gasteiger partial charge in [-0.25, -0.2) is 0 Å². The van der Waals surface area contributed by atoms with Gasteiger partial charge in [-0.15, -0.1) is 11.8 Å². The van der Waals surface area contributed by atoms with Gasteiger partial charge in [-0.05, 0) is 18.2 Å². The molecule has 1 aromatic carbocycles. The third-order valence-electron chi connectivity index (χ3n) is 3.02. The third-order valence-corrected chi connectivity index (χ3v) is 4.02. The number of amides is 2. The van der Waals surface area contributed by atoms with E-state index in [1.165, 1.54) is 16.7 Å². The zero-order valence-electron chi connectivity index (χ0n) is 12.8. The molecule has 0 unspecified atom stereocenters. The summed E-state index contributed by atoms with van der Waals surface area (Å²) in [4.78, 5) is 25.5. The maximum atomic E-state index is 11.7. The van der Waals surface area contributed by atoms with Crippen molar-refractivity contribution in [2.24, 2.45) is 0 Å². The molecule has 1 aliphatic heterocycles. The molecular formula is C15H20N2O4S. The molecule has 0 saturated heterocycles. The van der Waals surface area contributed by atoms with Crippen molar-refractivity contribution in [2.75, 3.05) is 39.6 Å². The second kappa shape index (κ2) is 7.93. The van der Waals surface area contributed by atoms with Crippen LogP contribution in [0.4, 0.5) is 0 Å². The molecule has 0 radical (unpaired) electrons. The van der Waals surface area contributed by atoms with Crippen LogP contribution in [0.1, 0.15) is 6.42 Å². The van der Waals surface area contributed by atoms with Crippen LogP contribution in [0.2, 0.25) is 0 Å². The van der Waals surface area contributed by atoms with E-state index < -0.39 is 0 Å². The molecule has 0 fully saturated rings. The van der Waals surface area contributed by atoms with Gasteiger partial charge < -0.3 is 19.7 Å². The first-order valence-electron chi connectivity index (χ1n) is 7.05. The lowest BCUT2D eigenvalue weighted by Crippen LogP contribution is -2.36. The monoisotopic (exact) mass is 324 g/mol. The summed E-state index contributed by atoms with van der Waals surface area (Å²) in [6.07, 6.45) is 0.861. The van der Waals surface area contributed by atoms with Crippen molar-refractivity contribution in [2.45, 2.75) is 11.3 Å². The normalized spacial score (nSPS) is 13.2. The zero-order valence-corrected chi connectivity index (χ0v) is 13.6. The van der Waals surface area contributed by atoms with E-state index in [4.69, 9.17) is 9.47 Å². The number of rotatable bonds is 5. The van der Waals surface area contributed by atoms with Crippen LogP contribution in [-0.4, -0.2) is 56.3 Å². The van der Waals surface area contributed by atoms with E-state index in [1.54, 1.807) is 14.1 Å². The average Bonchev–Trinajstić information content (AvgIpc) is 2.75. The molecule has 1 aromatic rings. The van der Waals surface area contributed by atoms with Crippen LogP contribution in [0.25, 0.3) is 0 Å². The number of ether oxygens (including phenoxy) is 2. The van der Waals surface area contributed by atoms with Gasteiger partial charge in [0.2, 0.25) is 11.8 Å². The second-order valence-electron chi connectivity index (χ2n) is 5.01. The van der Waals surface area contributed by atoms with Gasteiger partial charge in [0.1, 0.15) is 0 Å². The summed E-state index contributed by atoms with van der Waals surface area (Å²) >= 11 is 1.40. The third kappa shape index (κ3) is 4.84. The molecular weight excluding hydrogens is 304 g/mol. The molecule has 0 aromatic heterocycles. The fourth-order valence-corrected chi connectivity index (χ4v) is 2.52. The van der Waals surface area contributed by atoms with Gasteiger partial charge in [-0.2, -0.15) is 0 Å². The molecule has 2 rings (SSSR count). The number of fused-ring (bicyclic) bond motifs is 1. The molecule has 0 saturated carbocycles. The number of hydrogen-bond acceptors (Lipinski definition) is 5. The van der Waals surface area contributed by atoms with E-state index in [2.05, 4.69) is 5.32 Å². The lowest BCUT2D eigenvalue weighted by molar-refractivity contribution is -0.130. The quantitative estimate of drug-likeness (QED) is 0.823. The summed E-state index contributed by atoms with van der Waals surface area (Å²) in [5.41, 5.74) is 0. The maximum absolute atomic E-state index is 11.7. The highest BCUT2D eigenvalue weighted by Crippen LogP contribution is 2.33. The van der Waals surface area contributed by atoms with Crippen LogP contribution in [0, 0.1) is 0 Å². The molecule has 1 aliphatic rings. The van der Waals surface area contributed by atoms with E-state index in [9.17, 15) is 9.59 Å². The predicted molar refractivity (Wildman–Crippen MR) is 84.5 cm³/mol. The number of hydrogen-bond donors (Lipinski definition) is 1. The first kappa shape index (κ1) is 16.5. The Balaban J connectivity index is 1.82. The first-order chi connectivity index (χ1) is 10.6. The Bertz CT molecular complexity index is 548. The van der Waals surface area contributed by atoms with Crippen molar-refractivity contribution >= 4 is 23.6 Å². The maximum Gasteiger partial charge on any atom is 0.241 e. The highest BCUT2D eigenvalue weighted by Gasteiger charge is 2.12. The van der Waals surface area contributed by atoms with Crippen LogP contribution in [0.3, 0.4) is 0 Å². The summed E-state index contributed by atoms with van der Waals surface area (Å²) in [6, 6.07) is 5.64. The van der Waals surface area contributed by atoms with E-state index in [1.807, 2.05) is 18.2 Å². The Morgan fingerprint density at radius 1 is 1.23 bits per heavy atom. The van der Waals surface area contributed by atoms with Crippen LogP contribution in [0.15, 0.2) is 23.1 Å². The van der Waals surface area contributed by atoms with Crippen molar-refractivity contribution in [1.29, 1.82) is 0 Å². The fourth-order valence-electron chi connectivity index (χ4n) is 1.77. The molecule has 22 heavy (non-hydrogen) atoms. The minimum atomic E-state index is -0.174. The van der Waals surface area contributed by atoms with Crippen LogP contribution >= 0.6 is 11.8 Å². The lowest BCUT2D eigenvalue weighted by Gasteiger charge is -2.11. The van der Waals surface area contributed by atoms with Gasteiger partial charge in [0.15, 0.2) is 11.5 Å². The summed E-state index contributed by atoms with van der Waals surface area (Å²) < 4.78 is 11.2. The molecule has 1 N–H and O–H groups in total. The standard InChI is InChI=1S/C15H20N2O4S/c1-17(2)15(19)9-16-14(18)10-22-11-4-5-12-13(8-11)21-7-3-6-20-12/h4-5,8H,3,6-7,9-10H2,1-2H3,(H,16,18). The smallest absolute Gasteiger partial charge is 0.241 e. The molecule has 1 heterocycles. The number of benzene rings is 1. The molecule has 7 heteroatoms. The Hall–Kier alpha value is -1.89. The fraction of sp³-hybridized carbons (Fsp3) is 0.467. The number of thioether (sulfide) groups is 1. The minimum absolute atomic E-state index is 0.0214. The van der Waals surface area contributed by atoms with Crippen LogP contribution < -0.4 is 14.8 Å². The molecule has 0 aliphatic carbocycles. The zero-order chi connectivity index (χ0) is 15.9. The molecule has 120 valence electrons. The second-order valence-corrected chi connectivity index (χ2v) is 6.06. The number of nitrogens with one attached hydrogen (secondary N) is 1. The minimum Gasteiger partial charge on any atom is -0.490 e. The van der Waals surface area contributed by atoms with Crippen LogP contribution in [-0.2, 0) is 9.59 Å². The molecule has 6 nitrogen and oxygen atoms in total. The highest BCUT2D eigenvalue weighted by atomic mass is 32.2. The van der Waals surface area contributed by atoms with Crippen molar-refractivity contribution in [3.63, 3.8) is 0 Å². The van der Waals surface area contributed by atoms with Gasteiger partial charge in [0.25, 0.3) is 0 Å². The van der Waals surface area contributed by atoms with Crippen LogP contribution in [0.5, 0.6) is 11.5 Å². The van der Waals surface area contributed by atoms with Crippen molar-refractivity contribution in [1.82, 2.24) is 10.2 Å². The summed E-state index contributed by atoms with van der Waals surface area (Å²) in [5, 5.41) is 2.60. The van der Waals surface area contributed by atoms with Crippen molar-refractivity contribution < 1.29 is 19.1 Å². The molecule has 0 atom stereocenters. The number of carbonyl (C=O) groups excluding carboxylic acids is 2. The SMILES string of the molecule is CN(C)C(=O)CNC(=O)CSc1ccc2c(c1)OCCCO2. The molecule has 2 amide bonds. The predicted octanol–water partition coefficient (Wildman–Crippen LogP) is 1.14. The Kier molecular flexibility index (Phi) is 5.94. The van der Waals surface area contributed by atoms with E-state index >= 15 is 0 Å². The molecule has 0 spiro atoms. The van der Waals surface area contributed by atoms with E-state index in [-0.39, 0.29) is 24.1 Å². The number of nitrogens with zero attached hydrogens (tertiary/aromatic N) is 1. The number of carbonyl (C=O) groups is 2. The lowest BCUT2D eigenvalue weighted by atomic mass is 10.3. The van der Waals surface area contributed by atoms with E-state index in [0.717, 1.165) is 17.1 Å². The average molecular weight is 324 g/mol. The van der Waals surface area contributed by atoms with Crippen molar-refractivity contribution in [3.05, 3.63) is 18.2 Å².